The molecule has 0 radical (unpaired) electrons. The van der Waals surface area contributed by atoms with E-state index in [9.17, 15) is 0 Å². The molecule has 0 amide bonds. The van der Waals surface area contributed by atoms with Crippen LogP contribution in [-0.2, 0) is 4.74 Å². The summed E-state index contributed by atoms with van der Waals surface area (Å²) in [6.07, 6.45) is 0.851. The van der Waals surface area contributed by atoms with Gasteiger partial charge in [0.25, 0.3) is 0 Å². The highest BCUT2D eigenvalue weighted by atomic mass is 16.5. The molecule has 4 heteroatoms. The van der Waals surface area contributed by atoms with E-state index in [1.165, 1.54) is 0 Å². The molecule has 78 valence electrons. The molecule has 0 aliphatic heterocycles. The van der Waals surface area contributed by atoms with Crippen molar-refractivity contribution in [3.05, 3.63) is 17.8 Å². The number of nitrogens with two attached hydrogens (primary N) is 1. The van der Waals surface area contributed by atoms with Crippen molar-refractivity contribution in [1.82, 2.24) is 4.98 Å². The van der Waals surface area contributed by atoms with Gasteiger partial charge in [0.1, 0.15) is 0 Å². The molecule has 0 unspecified atom stereocenters. The average Bonchev–Trinajstić information content (AvgIpc) is 2.15. The Kier molecular flexibility index (Phi) is 4.19. The van der Waals surface area contributed by atoms with Crippen LogP contribution in [0.2, 0.25) is 0 Å². The summed E-state index contributed by atoms with van der Waals surface area (Å²) in [5.41, 5.74) is 6.56. The summed E-state index contributed by atoms with van der Waals surface area (Å²) in [7, 11) is 1.67. The molecule has 0 fully saturated rings. The normalized spacial score (nSPS) is 10.1. The van der Waals surface area contributed by atoms with Gasteiger partial charge in [0.2, 0.25) is 0 Å². The van der Waals surface area contributed by atoms with E-state index in [1.54, 1.807) is 7.11 Å². The van der Waals surface area contributed by atoms with Crippen LogP contribution in [0.4, 0.5) is 5.82 Å². The van der Waals surface area contributed by atoms with E-state index < -0.39 is 0 Å². The SMILES string of the molecule is COCCCOc1ccc(C)nc1N. The Morgan fingerprint density at radius 3 is 2.79 bits per heavy atom. The second-order valence-electron chi connectivity index (χ2n) is 3.03. The van der Waals surface area contributed by atoms with Crippen LogP contribution >= 0.6 is 0 Å². The highest BCUT2D eigenvalue weighted by Crippen LogP contribution is 2.18. The Morgan fingerprint density at radius 2 is 2.14 bits per heavy atom. The van der Waals surface area contributed by atoms with E-state index in [0.29, 0.717) is 24.8 Å². The summed E-state index contributed by atoms with van der Waals surface area (Å²) < 4.78 is 10.3. The Balaban J connectivity index is 2.42. The summed E-state index contributed by atoms with van der Waals surface area (Å²) in [4.78, 5) is 4.09. The molecule has 1 aromatic rings. The topological polar surface area (TPSA) is 57.4 Å². The van der Waals surface area contributed by atoms with Crippen LogP contribution in [0, 0.1) is 6.92 Å². The van der Waals surface area contributed by atoms with E-state index in [4.69, 9.17) is 15.2 Å². The van der Waals surface area contributed by atoms with Crippen LogP contribution < -0.4 is 10.5 Å². The van der Waals surface area contributed by atoms with Crippen molar-refractivity contribution in [2.45, 2.75) is 13.3 Å². The predicted molar refractivity (Wildman–Crippen MR) is 55.4 cm³/mol. The first-order valence-electron chi connectivity index (χ1n) is 4.59. The van der Waals surface area contributed by atoms with Crippen LogP contribution in [0.15, 0.2) is 12.1 Å². The van der Waals surface area contributed by atoms with Gasteiger partial charge in [0.15, 0.2) is 11.6 Å². The largest absolute Gasteiger partial charge is 0.490 e. The number of anilines is 1. The van der Waals surface area contributed by atoms with Crippen LogP contribution in [0.5, 0.6) is 5.75 Å². The van der Waals surface area contributed by atoms with Crippen LogP contribution in [-0.4, -0.2) is 25.3 Å². The summed E-state index contributed by atoms with van der Waals surface area (Å²) in [6, 6.07) is 3.71. The fourth-order valence-corrected chi connectivity index (χ4v) is 1.07. The third kappa shape index (κ3) is 3.22. The second kappa shape index (κ2) is 5.44. The van der Waals surface area contributed by atoms with Gasteiger partial charge in [-0.25, -0.2) is 4.98 Å². The van der Waals surface area contributed by atoms with Gasteiger partial charge in [-0.2, -0.15) is 0 Å². The molecule has 1 heterocycles. The predicted octanol–water partition coefficient (Wildman–Crippen LogP) is 1.39. The van der Waals surface area contributed by atoms with E-state index in [0.717, 1.165) is 12.1 Å². The van der Waals surface area contributed by atoms with E-state index in [2.05, 4.69) is 4.98 Å². The average molecular weight is 196 g/mol. The number of ether oxygens (including phenoxy) is 2. The highest BCUT2D eigenvalue weighted by Gasteiger charge is 2.00. The summed E-state index contributed by atoms with van der Waals surface area (Å²) in [5.74, 6) is 1.09. The minimum Gasteiger partial charge on any atom is -0.490 e. The fraction of sp³-hybridized carbons (Fsp3) is 0.500. The zero-order valence-corrected chi connectivity index (χ0v) is 8.62. The van der Waals surface area contributed by atoms with Crippen molar-refractivity contribution in [2.24, 2.45) is 0 Å². The number of hydrogen-bond donors (Lipinski definition) is 1. The first-order chi connectivity index (χ1) is 6.74. The molecule has 0 aliphatic rings. The first kappa shape index (κ1) is 10.8. The van der Waals surface area contributed by atoms with Crippen molar-refractivity contribution in [3.8, 4) is 5.75 Å². The number of aromatic nitrogens is 1. The van der Waals surface area contributed by atoms with Crippen LogP contribution in [0.25, 0.3) is 0 Å². The highest BCUT2D eigenvalue weighted by molar-refractivity contribution is 5.46. The molecule has 0 aromatic carbocycles. The van der Waals surface area contributed by atoms with Crippen LogP contribution in [0.1, 0.15) is 12.1 Å². The summed E-state index contributed by atoms with van der Waals surface area (Å²) in [5, 5.41) is 0. The van der Waals surface area contributed by atoms with Gasteiger partial charge in [0.05, 0.1) is 6.61 Å². The van der Waals surface area contributed by atoms with E-state index >= 15 is 0 Å². The Morgan fingerprint density at radius 1 is 1.36 bits per heavy atom. The van der Waals surface area contributed by atoms with Gasteiger partial charge in [-0.3, -0.25) is 0 Å². The molecule has 4 nitrogen and oxygen atoms in total. The zero-order valence-electron chi connectivity index (χ0n) is 8.62. The lowest BCUT2D eigenvalue weighted by Gasteiger charge is -2.07. The monoisotopic (exact) mass is 196 g/mol. The number of pyridine rings is 1. The Hall–Kier alpha value is -1.29. The summed E-state index contributed by atoms with van der Waals surface area (Å²) in [6.45, 7) is 3.19. The van der Waals surface area contributed by atoms with Crippen molar-refractivity contribution < 1.29 is 9.47 Å². The van der Waals surface area contributed by atoms with Gasteiger partial charge < -0.3 is 15.2 Å². The third-order valence-electron chi connectivity index (χ3n) is 1.78. The Bertz CT molecular complexity index is 289. The maximum absolute atomic E-state index is 5.67. The number of methoxy groups -OCH3 is 1. The molecule has 0 bridgehead atoms. The van der Waals surface area contributed by atoms with Crippen molar-refractivity contribution >= 4 is 5.82 Å². The van der Waals surface area contributed by atoms with Gasteiger partial charge >= 0.3 is 0 Å². The lowest BCUT2D eigenvalue weighted by molar-refractivity contribution is 0.172. The lowest BCUT2D eigenvalue weighted by Crippen LogP contribution is -2.04. The molecule has 1 rings (SSSR count). The van der Waals surface area contributed by atoms with Gasteiger partial charge in [-0.05, 0) is 19.1 Å². The van der Waals surface area contributed by atoms with Crippen molar-refractivity contribution in [3.63, 3.8) is 0 Å². The molecule has 0 aliphatic carbocycles. The van der Waals surface area contributed by atoms with Crippen molar-refractivity contribution in [2.75, 3.05) is 26.1 Å². The minimum atomic E-state index is 0.447. The van der Waals surface area contributed by atoms with E-state index in [-0.39, 0.29) is 0 Å². The number of hydrogen-bond acceptors (Lipinski definition) is 4. The number of nitrogen functional groups attached to an aromatic ring is 1. The molecular weight excluding hydrogens is 180 g/mol. The third-order valence-corrected chi connectivity index (χ3v) is 1.78. The quantitative estimate of drug-likeness (QED) is 0.723. The van der Waals surface area contributed by atoms with Gasteiger partial charge in [-0.15, -0.1) is 0 Å². The molecule has 0 atom stereocenters. The van der Waals surface area contributed by atoms with Crippen LogP contribution in [0.3, 0.4) is 0 Å². The molecule has 1 aromatic heterocycles. The molecular formula is C10H16N2O2. The van der Waals surface area contributed by atoms with Crippen molar-refractivity contribution in [1.29, 1.82) is 0 Å². The molecule has 14 heavy (non-hydrogen) atoms. The fourth-order valence-electron chi connectivity index (χ4n) is 1.07. The molecule has 0 spiro atoms. The second-order valence-corrected chi connectivity index (χ2v) is 3.03. The Labute approximate surface area is 84.0 Å². The first-order valence-corrected chi connectivity index (χ1v) is 4.59. The van der Waals surface area contributed by atoms with E-state index in [1.807, 2.05) is 19.1 Å². The molecule has 0 saturated carbocycles. The lowest BCUT2D eigenvalue weighted by atomic mass is 10.3. The maximum Gasteiger partial charge on any atom is 0.166 e. The molecule has 0 saturated heterocycles. The zero-order chi connectivity index (χ0) is 10.4. The number of rotatable bonds is 5. The standard InChI is InChI=1S/C10H16N2O2/c1-8-4-5-9(10(11)12-8)14-7-3-6-13-2/h4-5H,3,6-7H2,1-2H3,(H2,11,12). The van der Waals surface area contributed by atoms with Gasteiger partial charge in [0, 0.05) is 25.8 Å². The maximum atomic E-state index is 5.67. The number of aryl methyl sites for hydroxylation is 1. The smallest absolute Gasteiger partial charge is 0.166 e. The minimum absolute atomic E-state index is 0.447. The summed E-state index contributed by atoms with van der Waals surface area (Å²) >= 11 is 0. The molecule has 2 N–H and O–H groups in total. The number of nitrogens with zero attached hydrogens (tertiary/aromatic N) is 1. The van der Waals surface area contributed by atoms with Gasteiger partial charge in [-0.1, -0.05) is 0 Å².